The molecule has 3 N–H and O–H groups in total. The highest BCUT2D eigenvalue weighted by Crippen LogP contribution is 2.32. The molecule has 0 aromatic heterocycles. The molecule has 1 fully saturated rings. The molecule has 1 heterocycles. The van der Waals surface area contributed by atoms with Crippen LogP contribution < -0.4 is 5.73 Å². The molecule has 2 rings (SSSR count). The summed E-state index contributed by atoms with van der Waals surface area (Å²) in [5.74, 6) is -1.75. The first kappa shape index (κ1) is 14.5. The van der Waals surface area contributed by atoms with Crippen LogP contribution in [-0.2, 0) is 9.59 Å². The van der Waals surface area contributed by atoms with Gasteiger partial charge in [-0.15, -0.1) is 0 Å². The topological polar surface area (TPSA) is 83.6 Å². The molecule has 1 aromatic rings. The number of aliphatic hydroxyl groups is 1. The van der Waals surface area contributed by atoms with Gasteiger partial charge in [0.05, 0.1) is 12.0 Å². The molecule has 1 aromatic carbocycles. The van der Waals surface area contributed by atoms with E-state index in [4.69, 9.17) is 10.8 Å². The number of halogens is 1. The lowest BCUT2D eigenvalue weighted by Gasteiger charge is -2.28. The van der Waals surface area contributed by atoms with Crippen LogP contribution in [0.25, 0.3) is 0 Å². The van der Waals surface area contributed by atoms with Gasteiger partial charge < -0.3 is 15.7 Å². The van der Waals surface area contributed by atoms with E-state index in [2.05, 4.69) is 0 Å². The zero-order valence-corrected chi connectivity index (χ0v) is 11.0. The Balaban J connectivity index is 2.28. The first-order valence-electron chi connectivity index (χ1n) is 6.48. The summed E-state index contributed by atoms with van der Waals surface area (Å²) in [6.07, 6.45) is 0.268. The van der Waals surface area contributed by atoms with Crippen molar-refractivity contribution in [2.45, 2.75) is 18.9 Å². The number of benzene rings is 1. The van der Waals surface area contributed by atoms with Gasteiger partial charge in [0.25, 0.3) is 0 Å². The third kappa shape index (κ3) is 2.80. The van der Waals surface area contributed by atoms with Crippen molar-refractivity contribution in [1.29, 1.82) is 0 Å². The van der Waals surface area contributed by atoms with Gasteiger partial charge in [0, 0.05) is 25.1 Å². The average molecular weight is 280 g/mol. The number of rotatable bonds is 5. The van der Waals surface area contributed by atoms with E-state index in [0.717, 1.165) is 0 Å². The van der Waals surface area contributed by atoms with Crippen molar-refractivity contribution in [2.24, 2.45) is 11.7 Å². The van der Waals surface area contributed by atoms with Gasteiger partial charge in [-0.05, 0) is 12.5 Å². The molecule has 0 bridgehead atoms. The Bertz CT molecular complexity index is 521. The molecule has 0 saturated carbocycles. The molecule has 1 aliphatic heterocycles. The summed E-state index contributed by atoms with van der Waals surface area (Å²) in [6.45, 7) is -0.00279. The highest BCUT2D eigenvalue weighted by molar-refractivity contribution is 5.88. The van der Waals surface area contributed by atoms with Crippen LogP contribution in [0.15, 0.2) is 24.3 Å². The molecule has 2 amide bonds. The van der Waals surface area contributed by atoms with Crippen LogP contribution in [0.3, 0.4) is 0 Å². The number of nitrogens with two attached hydrogens (primary N) is 1. The molecule has 1 saturated heterocycles. The molecule has 0 spiro atoms. The Kier molecular flexibility index (Phi) is 4.34. The highest BCUT2D eigenvalue weighted by Gasteiger charge is 2.37. The maximum Gasteiger partial charge on any atom is 0.223 e. The standard InChI is InChI=1S/C14H17FN2O3/c15-11-4-2-1-3-10(11)12(5-6-18)17-8-9(14(16)20)7-13(17)19/h1-4,9,12,18H,5-8H2,(H2,16,20). The first-order chi connectivity index (χ1) is 9.54. The largest absolute Gasteiger partial charge is 0.396 e. The van der Waals surface area contributed by atoms with Gasteiger partial charge in [-0.3, -0.25) is 9.59 Å². The summed E-state index contributed by atoms with van der Waals surface area (Å²) in [6, 6.07) is 5.56. The summed E-state index contributed by atoms with van der Waals surface area (Å²) < 4.78 is 13.9. The fourth-order valence-corrected chi connectivity index (χ4v) is 2.57. The van der Waals surface area contributed by atoms with Crippen LogP contribution in [0.4, 0.5) is 4.39 Å². The van der Waals surface area contributed by atoms with E-state index in [9.17, 15) is 14.0 Å². The van der Waals surface area contributed by atoms with Gasteiger partial charge in [0.2, 0.25) is 11.8 Å². The zero-order valence-electron chi connectivity index (χ0n) is 11.0. The van der Waals surface area contributed by atoms with Crippen LogP contribution in [0.2, 0.25) is 0 Å². The van der Waals surface area contributed by atoms with Gasteiger partial charge >= 0.3 is 0 Å². The van der Waals surface area contributed by atoms with E-state index in [-0.39, 0.29) is 31.9 Å². The minimum absolute atomic E-state index is 0.0473. The second kappa shape index (κ2) is 6.00. The van der Waals surface area contributed by atoms with Crippen molar-refractivity contribution < 1.29 is 19.1 Å². The molecule has 0 aliphatic carbocycles. The van der Waals surface area contributed by atoms with Crippen molar-refractivity contribution in [2.75, 3.05) is 13.2 Å². The predicted molar refractivity (Wildman–Crippen MR) is 69.9 cm³/mol. The molecule has 5 nitrogen and oxygen atoms in total. The van der Waals surface area contributed by atoms with Crippen LogP contribution >= 0.6 is 0 Å². The van der Waals surface area contributed by atoms with Crippen LogP contribution in [0.1, 0.15) is 24.4 Å². The molecule has 2 unspecified atom stereocenters. The molecule has 0 radical (unpaired) electrons. The van der Waals surface area contributed by atoms with E-state index in [1.165, 1.54) is 11.0 Å². The Morgan fingerprint density at radius 3 is 2.75 bits per heavy atom. The monoisotopic (exact) mass is 280 g/mol. The predicted octanol–water partition coefficient (Wildman–Crippen LogP) is 0.583. The lowest BCUT2D eigenvalue weighted by atomic mass is 10.0. The fraction of sp³-hybridized carbons (Fsp3) is 0.429. The van der Waals surface area contributed by atoms with E-state index in [1.54, 1.807) is 18.2 Å². The summed E-state index contributed by atoms with van der Waals surface area (Å²) in [4.78, 5) is 24.6. The molecule has 20 heavy (non-hydrogen) atoms. The minimum Gasteiger partial charge on any atom is -0.396 e. The average Bonchev–Trinajstić information content (AvgIpc) is 2.79. The molecule has 108 valence electrons. The second-order valence-corrected chi connectivity index (χ2v) is 4.90. The van der Waals surface area contributed by atoms with E-state index >= 15 is 0 Å². The van der Waals surface area contributed by atoms with Gasteiger partial charge in [0.15, 0.2) is 0 Å². The lowest BCUT2D eigenvalue weighted by Crippen LogP contribution is -2.33. The van der Waals surface area contributed by atoms with Crippen LogP contribution in [-0.4, -0.2) is 35.0 Å². The van der Waals surface area contributed by atoms with Crippen molar-refractivity contribution in [1.82, 2.24) is 4.90 Å². The third-order valence-corrected chi connectivity index (χ3v) is 3.60. The Morgan fingerprint density at radius 2 is 2.20 bits per heavy atom. The smallest absolute Gasteiger partial charge is 0.223 e. The van der Waals surface area contributed by atoms with E-state index in [0.29, 0.717) is 5.56 Å². The summed E-state index contributed by atoms with van der Waals surface area (Å²) in [7, 11) is 0. The van der Waals surface area contributed by atoms with Crippen molar-refractivity contribution in [3.63, 3.8) is 0 Å². The quantitative estimate of drug-likeness (QED) is 0.827. The Labute approximate surface area is 116 Å². The normalized spacial score (nSPS) is 20.2. The van der Waals surface area contributed by atoms with Gasteiger partial charge in [-0.1, -0.05) is 18.2 Å². The van der Waals surface area contributed by atoms with Crippen molar-refractivity contribution in [3.8, 4) is 0 Å². The fourth-order valence-electron chi connectivity index (χ4n) is 2.57. The van der Waals surface area contributed by atoms with Gasteiger partial charge in [-0.2, -0.15) is 0 Å². The third-order valence-electron chi connectivity index (χ3n) is 3.60. The summed E-state index contributed by atoms with van der Waals surface area (Å²) in [5.41, 5.74) is 5.57. The summed E-state index contributed by atoms with van der Waals surface area (Å²) in [5, 5.41) is 9.16. The number of carbonyl (C=O) groups is 2. The molecular formula is C14H17FN2O3. The van der Waals surface area contributed by atoms with Gasteiger partial charge in [0.1, 0.15) is 5.82 Å². The van der Waals surface area contributed by atoms with E-state index < -0.39 is 23.7 Å². The number of carbonyl (C=O) groups excluding carboxylic acids is 2. The molecule has 2 atom stereocenters. The number of nitrogens with zero attached hydrogens (tertiary/aromatic N) is 1. The van der Waals surface area contributed by atoms with E-state index in [1.807, 2.05) is 0 Å². The SMILES string of the molecule is NC(=O)C1CC(=O)N(C(CCO)c2ccccc2F)C1. The highest BCUT2D eigenvalue weighted by atomic mass is 19.1. The second-order valence-electron chi connectivity index (χ2n) is 4.90. The number of aliphatic hydroxyl groups excluding tert-OH is 1. The summed E-state index contributed by atoms with van der Waals surface area (Å²) >= 11 is 0. The van der Waals surface area contributed by atoms with Crippen LogP contribution in [0.5, 0.6) is 0 Å². The van der Waals surface area contributed by atoms with Crippen LogP contribution in [0, 0.1) is 11.7 Å². The number of amides is 2. The number of hydrogen-bond acceptors (Lipinski definition) is 3. The molecular weight excluding hydrogens is 263 g/mol. The zero-order chi connectivity index (χ0) is 14.7. The van der Waals surface area contributed by atoms with Gasteiger partial charge in [-0.25, -0.2) is 4.39 Å². The number of likely N-dealkylation sites (tertiary alicyclic amines) is 1. The number of primary amides is 1. The Hall–Kier alpha value is -1.95. The first-order valence-corrected chi connectivity index (χ1v) is 6.48. The lowest BCUT2D eigenvalue weighted by molar-refractivity contribution is -0.130. The maximum atomic E-state index is 13.9. The van der Waals surface area contributed by atoms with Crippen molar-refractivity contribution in [3.05, 3.63) is 35.6 Å². The molecule has 6 heteroatoms. The maximum absolute atomic E-state index is 13.9. The minimum atomic E-state index is -0.571. The Morgan fingerprint density at radius 1 is 1.50 bits per heavy atom. The molecule has 1 aliphatic rings. The number of hydrogen-bond donors (Lipinski definition) is 2. The van der Waals surface area contributed by atoms with Crippen molar-refractivity contribution >= 4 is 11.8 Å².